The van der Waals surface area contributed by atoms with E-state index < -0.39 is 0 Å². The lowest BCUT2D eigenvalue weighted by molar-refractivity contribution is 0.416. The summed E-state index contributed by atoms with van der Waals surface area (Å²) in [4.78, 5) is 7.38. The second kappa shape index (κ2) is 4.24. The van der Waals surface area contributed by atoms with Gasteiger partial charge in [0.2, 0.25) is 5.95 Å². The summed E-state index contributed by atoms with van der Waals surface area (Å²) in [6.07, 6.45) is 0. The molecule has 0 bridgehead atoms. The van der Waals surface area contributed by atoms with Gasteiger partial charge in [0.05, 0.1) is 12.8 Å². The number of rotatable bonds is 3. The SMILES string of the molecule is COc1ccccc1-c1nc(NN)[nH]c1C. The summed E-state index contributed by atoms with van der Waals surface area (Å²) in [5.41, 5.74) is 5.21. The lowest BCUT2D eigenvalue weighted by atomic mass is 10.1. The number of hydrazine groups is 1. The Morgan fingerprint density at radius 1 is 1.38 bits per heavy atom. The minimum absolute atomic E-state index is 0.540. The first-order chi connectivity index (χ1) is 7.76. The Morgan fingerprint density at radius 2 is 2.12 bits per heavy atom. The number of aromatic nitrogens is 2. The van der Waals surface area contributed by atoms with Crippen LogP contribution in [0.15, 0.2) is 24.3 Å². The minimum atomic E-state index is 0.540. The molecule has 0 saturated heterocycles. The number of anilines is 1. The number of nitrogens with zero attached hydrogens (tertiary/aromatic N) is 1. The molecule has 0 aliphatic carbocycles. The van der Waals surface area contributed by atoms with Crippen molar-refractivity contribution in [3.63, 3.8) is 0 Å². The van der Waals surface area contributed by atoms with Crippen LogP contribution in [-0.4, -0.2) is 17.1 Å². The van der Waals surface area contributed by atoms with Crippen LogP contribution in [0.3, 0.4) is 0 Å². The topological polar surface area (TPSA) is 76.0 Å². The van der Waals surface area contributed by atoms with Gasteiger partial charge in [-0.25, -0.2) is 10.8 Å². The standard InChI is InChI=1S/C11H14N4O/c1-7-10(14-11(13-7)15-12)8-5-3-4-6-9(8)16-2/h3-6H,12H2,1-2H3,(H2,13,14,15). The first-order valence-corrected chi connectivity index (χ1v) is 4.93. The first-order valence-electron chi connectivity index (χ1n) is 4.93. The summed E-state index contributed by atoms with van der Waals surface area (Å²) >= 11 is 0. The number of aromatic amines is 1. The molecular formula is C11H14N4O. The molecule has 0 atom stereocenters. The zero-order valence-corrected chi connectivity index (χ0v) is 9.24. The van der Waals surface area contributed by atoms with E-state index in [9.17, 15) is 0 Å². The lowest BCUT2D eigenvalue weighted by Crippen LogP contribution is -2.07. The fourth-order valence-corrected chi connectivity index (χ4v) is 1.63. The van der Waals surface area contributed by atoms with Crippen molar-refractivity contribution in [2.45, 2.75) is 6.92 Å². The zero-order chi connectivity index (χ0) is 11.5. The summed E-state index contributed by atoms with van der Waals surface area (Å²) in [5, 5.41) is 0. The molecule has 2 rings (SSSR count). The third-order valence-corrected chi connectivity index (χ3v) is 2.38. The number of imidazole rings is 1. The number of methoxy groups -OCH3 is 1. The second-order valence-electron chi connectivity index (χ2n) is 3.40. The molecule has 16 heavy (non-hydrogen) atoms. The van der Waals surface area contributed by atoms with Gasteiger partial charge in [-0.05, 0) is 19.1 Å². The maximum atomic E-state index is 5.31. The average molecular weight is 218 g/mol. The van der Waals surface area contributed by atoms with Gasteiger partial charge in [0.25, 0.3) is 0 Å². The summed E-state index contributed by atoms with van der Waals surface area (Å²) in [6.45, 7) is 1.94. The maximum absolute atomic E-state index is 5.31. The van der Waals surface area contributed by atoms with E-state index in [0.717, 1.165) is 22.7 Å². The van der Waals surface area contributed by atoms with Crippen molar-refractivity contribution in [2.24, 2.45) is 5.84 Å². The molecule has 84 valence electrons. The summed E-state index contributed by atoms with van der Waals surface area (Å²) < 4.78 is 5.29. The number of nitrogens with one attached hydrogen (secondary N) is 2. The Morgan fingerprint density at radius 3 is 2.75 bits per heavy atom. The van der Waals surface area contributed by atoms with Crippen molar-refractivity contribution in [3.05, 3.63) is 30.0 Å². The van der Waals surface area contributed by atoms with Crippen molar-refractivity contribution in [2.75, 3.05) is 12.5 Å². The van der Waals surface area contributed by atoms with Gasteiger partial charge in [-0.2, -0.15) is 0 Å². The molecule has 2 aromatic rings. The highest BCUT2D eigenvalue weighted by Crippen LogP contribution is 2.30. The third-order valence-electron chi connectivity index (χ3n) is 2.38. The van der Waals surface area contributed by atoms with E-state index in [4.69, 9.17) is 10.6 Å². The molecule has 5 heteroatoms. The minimum Gasteiger partial charge on any atom is -0.496 e. The predicted octanol–water partition coefficient (Wildman–Crippen LogP) is 1.68. The number of nitrogen functional groups attached to an aromatic ring is 1. The van der Waals surface area contributed by atoms with Crippen LogP contribution in [0.5, 0.6) is 5.75 Å². The molecule has 0 unspecified atom stereocenters. The van der Waals surface area contributed by atoms with E-state index in [0.29, 0.717) is 5.95 Å². The molecule has 0 aliphatic heterocycles. The van der Waals surface area contributed by atoms with E-state index >= 15 is 0 Å². The average Bonchev–Trinajstić information content (AvgIpc) is 2.70. The van der Waals surface area contributed by atoms with Crippen LogP contribution in [0, 0.1) is 6.92 Å². The highest BCUT2D eigenvalue weighted by molar-refractivity contribution is 5.70. The summed E-state index contributed by atoms with van der Waals surface area (Å²) in [6, 6.07) is 7.73. The number of hydrogen-bond donors (Lipinski definition) is 3. The van der Waals surface area contributed by atoms with Gasteiger partial charge in [-0.15, -0.1) is 0 Å². The molecule has 0 aliphatic rings. The van der Waals surface area contributed by atoms with Crippen LogP contribution in [0.1, 0.15) is 5.69 Å². The van der Waals surface area contributed by atoms with Crippen LogP contribution in [0.4, 0.5) is 5.95 Å². The third kappa shape index (κ3) is 1.72. The monoisotopic (exact) mass is 218 g/mol. The zero-order valence-electron chi connectivity index (χ0n) is 9.24. The van der Waals surface area contributed by atoms with Crippen LogP contribution in [0.2, 0.25) is 0 Å². The maximum Gasteiger partial charge on any atom is 0.215 e. The second-order valence-corrected chi connectivity index (χ2v) is 3.40. The van der Waals surface area contributed by atoms with Gasteiger partial charge in [-0.1, -0.05) is 12.1 Å². The molecule has 0 radical (unpaired) electrons. The number of para-hydroxylation sites is 1. The van der Waals surface area contributed by atoms with Crippen molar-refractivity contribution in [1.29, 1.82) is 0 Å². The molecule has 0 fully saturated rings. The lowest BCUT2D eigenvalue weighted by Gasteiger charge is -2.05. The van der Waals surface area contributed by atoms with Crippen molar-refractivity contribution in [1.82, 2.24) is 9.97 Å². The summed E-state index contributed by atoms with van der Waals surface area (Å²) in [5.74, 6) is 6.64. The van der Waals surface area contributed by atoms with Crippen LogP contribution in [-0.2, 0) is 0 Å². The Balaban J connectivity index is 2.53. The van der Waals surface area contributed by atoms with Crippen molar-refractivity contribution >= 4 is 5.95 Å². The molecule has 1 heterocycles. The van der Waals surface area contributed by atoms with Gasteiger partial charge in [0.1, 0.15) is 5.75 Å². The molecular weight excluding hydrogens is 204 g/mol. The molecule has 4 N–H and O–H groups in total. The van der Waals surface area contributed by atoms with E-state index in [1.165, 1.54) is 0 Å². The highest BCUT2D eigenvalue weighted by atomic mass is 16.5. The smallest absolute Gasteiger partial charge is 0.215 e. The fourth-order valence-electron chi connectivity index (χ4n) is 1.63. The van der Waals surface area contributed by atoms with Crippen LogP contribution in [0.25, 0.3) is 11.3 Å². The molecule has 0 amide bonds. The predicted molar refractivity (Wildman–Crippen MR) is 63.1 cm³/mol. The Bertz CT molecular complexity index is 492. The number of nitrogens with two attached hydrogens (primary N) is 1. The molecule has 0 saturated carbocycles. The number of aryl methyl sites for hydroxylation is 1. The first kappa shape index (κ1) is 10.5. The van der Waals surface area contributed by atoms with Gasteiger partial charge >= 0.3 is 0 Å². The van der Waals surface area contributed by atoms with Crippen molar-refractivity contribution in [3.8, 4) is 17.0 Å². The molecule has 5 nitrogen and oxygen atoms in total. The number of hydrogen-bond acceptors (Lipinski definition) is 4. The van der Waals surface area contributed by atoms with Gasteiger partial charge in [0.15, 0.2) is 0 Å². The number of H-pyrrole nitrogens is 1. The molecule has 1 aromatic carbocycles. The highest BCUT2D eigenvalue weighted by Gasteiger charge is 2.12. The van der Waals surface area contributed by atoms with E-state index in [1.807, 2.05) is 31.2 Å². The van der Waals surface area contributed by atoms with E-state index in [1.54, 1.807) is 7.11 Å². The molecule has 1 aromatic heterocycles. The Labute approximate surface area is 93.6 Å². The van der Waals surface area contributed by atoms with Crippen LogP contribution >= 0.6 is 0 Å². The Hall–Kier alpha value is -2.01. The van der Waals surface area contributed by atoms with E-state index in [-0.39, 0.29) is 0 Å². The molecule has 0 spiro atoms. The van der Waals surface area contributed by atoms with Gasteiger partial charge in [-0.3, -0.25) is 5.43 Å². The van der Waals surface area contributed by atoms with Gasteiger partial charge < -0.3 is 9.72 Å². The normalized spacial score (nSPS) is 10.2. The van der Waals surface area contributed by atoms with Crippen LogP contribution < -0.4 is 16.0 Å². The van der Waals surface area contributed by atoms with Crippen molar-refractivity contribution < 1.29 is 4.74 Å². The van der Waals surface area contributed by atoms with Gasteiger partial charge in [0, 0.05) is 11.3 Å². The number of ether oxygens (including phenoxy) is 1. The largest absolute Gasteiger partial charge is 0.496 e. The quantitative estimate of drug-likeness (QED) is 0.541. The Kier molecular flexibility index (Phi) is 2.78. The summed E-state index contributed by atoms with van der Waals surface area (Å²) in [7, 11) is 1.64. The fraction of sp³-hybridized carbons (Fsp3) is 0.182. The number of benzene rings is 1. The van der Waals surface area contributed by atoms with E-state index in [2.05, 4.69) is 15.4 Å².